The number of amides is 1. The molecule has 0 aliphatic carbocycles. The van der Waals surface area contributed by atoms with Crippen molar-refractivity contribution in [2.45, 2.75) is 25.7 Å². The van der Waals surface area contributed by atoms with E-state index in [1.54, 1.807) is 23.1 Å². The predicted octanol–water partition coefficient (Wildman–Crippen LogP) is 2.99. The van der Waals surface area contributed by atoms with Crippen molar-refractivity contribution >= 4 is 11.7 Å². The molecule has 1 aliphatic heterocycles. The first-order valence-corrected chi connectivity index (χ1v) is 8.74. The Hall–Kier alpha value is -2.62. The Morgan fingerprint density at radius 1 is 1.00 bits per heavy atom. The first-order chi connectivity index (χ1) is 12.1. The summed E-state index contributed by atoms with van der Waals surface area (Å²) in [6.45, 7) is 1.20. The van der Waals surface area contributed by atoms with Gasteiger partial charge in [-0.05, 0) is 36.1 Å². The summed E-state index contributed by atoms with van der Waals surface area (Å²) in [6.07, 6.45) is 2.40. The number of hydrogen-bond acceptors (Lipinski definition) is 3. The summed E-state index contributed by atoms with van der Waals surface area (Å²) in [4.78, 5) is 26.9. The molecule has 25 heavy (non-hydrogen) atoms. The number of hydrogen-bond donors (Lipinski definition) is 1. The van der Waals surface area contributed by atoms with Gasteiger partial charge in [0.1, 0.15) is 11.5 Å². The molecule has 2 aromatic rings. The van der Waals surface area contributed by atoms with Crippen molar-refractivity contribution in [3.63, 3.8) is 0 Å². The van der Waals surface area contributed by atoms with Crippen LogP contribution in [0, 0.1) is 5.92 Å². The Bertz CT molecular complexity index is 742. The summed E-state index contributed by atoms with van der Waals surface area (Å²) in [5, 5.41) is 9.52. The third-order valence-electron chi connectivity index (χ3n) is 4.72. The topological polar surface area (TPSA) is 57.6 Å². The molecule has 0 unspecified atom stereocenters. The molecule has 1 N–H and O–H groups in total. The molecule has 1 aliphatic rings. The first-order valence-electron chi connectivity index (χ1n) is 8.74. The smallest absolute Gasteiger partial charge is 0.227 e. The number of carbonyl (C=O) groups excluding carboxylic acids is 2. The van der Waals surface area contributed by atoms with E-state index in [1.807, 2.05) is 36.4 Å². The third-order valence-corrected chi connectivity index (χ3v) is 4.72. The van der Waals surface area contributed by atoms with Gasteiger partial charge in [0.05, 0.1) is 6.42 Å². The summed E-state index contributed by atoms with van der Waals surface area (Å²) in [6, 6.07) is 16.5. The number of likely N-dealkylation sites (tertiary alicyclic amines) is 1. The monoisotopic (exact) mass is 337 g/mol. The van der Waals surface area contributed by atoms with Crippen LogP contribution in [0.4, 0.5) is 0 Å². The minimum Gasteiger partial charge on any atom is -0.508 e. The molecule has 1 amide bonds. The fourth-order valence-corrected chi connectivity index (χ4v) is 3.36. The summed E-state index contributed by atoms with van der Waals surface area (Å²) in [5.41, 5.74) is 1.82. The number of phenols is 1. The average molecular weight is 337 g/mol. The zero-order valence-corrected chi connectivity index (χ0v) is 14.2. The van der Waals surface area contributed by atoms with Crippen molar-refractivity contribution in [1.82, 2.24) is 4.90 Å². The summed E-state index contributed by atoms with van der Waals surface area (Å²) in [5.74, 6) is 0.311. The highest BCUT2D eigenvalue weighted by Gasteiger charge is 2.28. The molecule has 1 fully saturated rings. The third kappa shape index (κ3) is 4.69. The van der Waals surface area contributed by atoms with E-state index in [4.69, 9.17) is 0 Å². The normalized spacial score (nSPS) is 17.3. The Morgan fingerprint density at radius 3 is 2.52 bits per heavy atom. The summed E-state index contributed by atoms with van der Waals surface area (Å²) in [7, 11) is 0. The van der Waals surface area contributed by atoms with Crippen molar-refractivity contribution < 1.29 is 14.7 Å². The molecule has 2 aromatic carbocycles. The van der Waals surface area contributed by atoms with Crippen LogP contribution in [0.5, 0.6) is 5.75 Å². The maximum atomic E-state index is 12.6. The van der Waals surface area contributed by atoms with Crippen molar-refractivity contribution in [2.75, 3.05) is 13.1 Å². The number of nitrogens with zero attached hydrogens (tertiary/aromatic N) is 1. The van der Waals surface area contributed by atoms with Gasteiger partial charge in [-0.25, -0.2) is 0 Å². The maximum absolute atomic E-state index is 12.6. The second-order valence-corrected chi connectivity index (χ2v) is 6.65. The lowest BCUT2D eigenvalue weighted by Crippen LogP contribution is -2.43. The van der Waals surface area contributed by atoms with Gasteiger partial charge < -0.3 is 10.0 Å². The minimum atomic E-state index is -0.0814. The van der Waals surface area contributed by atoms with E-state index in [9.17, 15) is 14.7 Å². The molecule has 0 aromatic heterocycles. The van der Waals surface area contributed by atoms with Crippen LogP contribution < -0.4 is 0 Å². The van der Waals surface area contributed by atoms with Crippen molar-refractivity contribution in [1.29, 1.82) is 0 Å². The second kappa shape index (κ2) is 7.97. The fourth-order valence-electron chi connectivity index (χ4n) is 3.36. The fraction of sp³-hybridized carbons (Fsp3) is 0.333. The number of aromatic hydroxyl groups is 1. The van der Waals surface area contributed by atoms with E-state index >= 15 is 0 Å². The Labute approximate surface area is 148 Å². The van der Waals surface area contributed by atoms with Crippen LogP contribution in [-0.2, 0) is 22.4 Å². The van der Waals surface area contributed by atoms with E-state index in [0.29, 0.717) is 19.5 Å². The first kappa shape index (κ1) is 17.2. The molecule has 4 nitrogen and oxygen atoms in total. The second-order valence-electron chi connectivity index (χ2n) is 6.65. The van der Waals surface area contributed by atoms with Crippen LogP contribution in [0.2, 0.25) is 0 Å². The van der Waals surface area contributed by atoms with Crippen LogP contribution >= 0.6 is 0 Å². The van der Waals surface area contributed by atoms with Crippen LogP contribution in [0.15, 0.2) is 54.6 Å². The number of benzene rings is 2. The van der Waals surface area contributed by atoms with E-state index in [0.717, 1.165) is 24.0 Å². The van der Waals surface area contributed by atoms with Crippen LogP contribution in [-0.4, -0.2) is 34.8 Å². The van der Waals surface area contributed by atoms with Gasteiger partial charge in [-0.1, -0.05) is 42.5 Å². The molecule has 1 saturated heterocycles. The molecular weight excluding hydrogens is 314 g/mol. The van der Waals surface area contributed by atoms with Crippen molar-refractivity contribution in [2.24, 2.45) is 5.92 Å². The molecule has 0 radical (unpaired) electrons. The van der Waals surface area contributed by atoms with Gasteiger partial charge in [0.25, 0.3) is 0 Å². The van der Waals surface area contributed by atoms with Gasteiger partial charge in [-0.15, -0.1) is 0 Å². The Balaban J connectivity index is 1.58. The van der Waals surface area contributed by atoms with Gasteiger partial charge in [0.15, 0.2) is 0 Å². The number of Topliss-reactive ketones (excluding diaryl/α,β-unsaturated/α-hetero) is 1. The zero-order chi connectivity index (χ0) is 17.6. The van der Waals surface area contributed by atoms with E-state index in [2.05, 4.69) is 0 Å². The molecule has 1 heterocycles. The molecule has 130 valence electrons. The predicted molar refractivity (Wildman–Crippen MR) is 96.3 cm³/mol. The lowest BCUT2D eigenvalue weighted by atomic mass is 9.90. The highest BCUT2D eigenvalue weighted by molar-refractivity contribution is 5.85. The lowest BCUT2D eigenvalue weighted by Gasteiger charge is -2.32. The zero-order valence-electron chi connectivity index (χ0n) is 14.2. The van der Waals surface area contributed by atoms with Crippen molar-refractivity contribution in [3.8, 4) is 5.75 Å². The standard InChI is InChI=1S/C21H23NO3/c23-19-10-4-8-17(12-19)14-21(25)22-11-5-9-18(15-22)20(24)13-16-6-2-1-3-7-16/h1-4,6-8,10,12,18,23H,5,9,11,13-15H2/t18-/m0/s1. The molecule has 3 rings (SSSR count). The summed E-state index contributed by atoms with van der Waals surface area (Å²) >= 11 is 0. The Kier molecular flexibility index (Phi) is 5.49. The van der Waals surface area contributed by atoms with Gasteiger partial charge in [-0.3, -0.25) is 9.59 Å². The van der Waals surface area contributed by atoms with Crippen molar-refractivity contribution in [3.05, 3.63) is 65.7 Å². The van der Waals surface area contributed by atoms with Gasteiger partial charge in [-0.2, -0.15) is 0 Å². The number of piperidine rings is 1. The number of rotatable bonds is 5. The quantitative estimate of drug-likeness (QED) is 0.912. The number of phenolic OH excluding ortho intramolecular Hbond substituents is 1. The summed E-state index contributed by atoms with van der Waals surface area (Å²) < 4.78 is 0. The van der Waals surface area contributed by atoms with Gasteiger partial charge in [0.2, 0.25) is 5.91 Å². The highest BCUT2D eigenvalue weighted by atomic mass is 16.3. The SMILES string of the molecule is O=C(Cc1ccccc1)[C@H]1CCCN(C(=O)Cc2cccc(O)c2)C1. The molecule has 1 atom stereocenters. The van der Waals surface area contributed by atoms with Crippen LogP contribution in [0.1, 0.15) is 24.0 Å². The number of carbonyl (C=O) groups is 2. The maximum Gasteiger partial charge on any atom is 0.227 e. The van der Waals surface area contributed by atoms with Gasteiger partial charge in [0, 0.05) is 25.4 Å². The van der Waals surface area contributed by atoms with E-state index < -0.39 is 0 Å². The molecule has 0 bridgehead atoms. The van der Waals surface area contributed by atoms with E-state index in [1.165, 1.54) is 0 Å². The average Bonchev–Trinajstić information content (AvgIpc) is 2.62. The molecular formula is C21H23NO3. The highest BCUT2D eigenvalue weighted by Crippen LogP contribution is 2.21. The molecule has 0 spiro atoms. The number of ketones is 1. The Morgan fingerprint density at radius 2 is 1.76 bits per heavy atom. The van der Waals surface area contributed by atoms with E-state index in [-0.39, 0.29) is 29.8 Å². The van der Waals surface area contributed by atoms with Gasteiger partial charge >= 0.3 is 0 Å². The molecule has 0 saturated carbocycles. The largest absolute Gasteiger partial charge is 0.508 e. The lowest BCUT2D eigenvalue weighted by molar-refractivity contribution is -0.134. The van der Waals surface area contributed by atoms with Crippen LogP contribution in [0.25, 0.3) is 0 Å². The van der Waals surface area contributed by atoms with Crippen LogP contribution in [0.3, 0.4) is 0 Å². The molecule has 4 heteroatoms. The minimum absolute atomic E-state index is 0.0165.